The normalized spacial score (nSPS) is 18.9. The lowest BCUT2D eigenvalue weighted by Crippen LogP contribution is -2.23. The van der Waals surface area contributed by atoms with Crippen LogP contribution in [0.1, 0.15) is 40.8 Å². The highest BCUT2D eigenvalue weighted by Gasteiger charge is 2.32. The molecule has 2 unspecified atom stereocenters. The fourth-order valence-corrected chi connectivity index (χ4v) is 4.15. The van der Waals surface area contributed by atoms with E-state index in [4.69, 9.17) is 10.9 Å². The van der Waals surface area contributed by atoms with Crippen LogP contribution in [0.4, 0.5) is 10.3 Å². The van der Waals surface area contributed by atoms with Crippen LogP contribution in [0, 0.1) is 12.7 Å². The zero-order valence-corrected chi connectivity index (χ0v) is 15.4. The molecule has 1 aliphatic rings. The monoisotopic (exact) mass is 377 g/mol. The minimum atomic E-state index is -0.297. The van der Waals surface area contributed by atoms with Crippen molar-refractivity contribution < 1.29 is 9.60 Å². The minimum absolute atomic E-state index is 0.0556. The topological polar surface area (TPSA) is 97.3 Å². The molecule has 3 aromatic rings. The zero-order chi connectivity index (χ0) is 19.7. The van der Waals surface area contributed by atoms with Crippen molar-refractivity contribution >= 4 is 12.2 Å². The Morgan fingerprint density at radius 2 is 2.14 bits per heavy atom. The number of nitrogens with zero attached hydrogens (tertiary/aromatic N) is 4. The summed E-state index contributed by atoms with van der Waals surface area (Å²) in [6.45, 7) is 1.88. The molecule has 0 amide bonds. The van der Waals surface area contributed by atoms with E-state index < -0.39 is 0 Å². The molecule has 4 rings (SSSR count). The van der Waals surface area contributed by atoms with Gasteiger partial charge in [-0.25, -0.2) is 14.4 Å². The van der Waals surface area contributed by atoms with Gasteiger partial charge in [-0.2, -0.15) is 0 Å². The molecule has 0 saturated carbocycles. The number of hydrogen-bond donors (Lipinski definition) is 2. The largest absolute Gasteiger partial charge is 0.411 e. The van der Waals surface area contributed by atoms with E-state index in [0.29, 0.717) is 12.8 Å². The highest BCUT2D eigenvalue weighted by Crippen LogP contribution is 2.42. The van der Waals surface area contributed by atoms with Gasteiger partial charge in [-0.15, -0.1) is 5.16 Å². The Hall–Kier alpha value is -3.35. The summed E-state index contributed by atoms with van der Waals surface area (Å²) in [6.07, 6.45) is 6.27. The summed E-state index contributed by atoms with van der Waals surface area (Å²) in [5.41, 5.74) is 11.1. The van der Waals surface area contributed by atoms with E-state index in [9.17, 15) is 4.39 Å². The SMILES string of the molecule is Cc1nc(N)nc2c1C(C=NO)CC(c1ccc(F)cc1-c1cccnc1)C2. The van der Waals surface area contributed by atoms with Gasteiger partial charge in [0.15, 0.2) is 0 Å². The molecule has 3 N–H and O–H groups in total. The number of rotatable bonds is 3. The number of halogens is 1. The molecule has 2 atom stereocenters. The van der Waals surface area contributed by atoms with Gasteiger partial charge < -0.3 is 10.9 Å². The molecule has 1 aliphatic carbocycles. The van der Waals surface area contributed by atoms with Crippen molar-refractivity contribution in [2.24, 2.45) is 5.16 Å². The van der Waals surface area contributed by atoms with Gasteiger partial charge in [0.05, 0.1) is 11.9 Å². The van der Waals surface area contributed by atoms with Crippen molar-refractivity contribution in [3.05, 3.63) is 71.1 Å². The van der Waals surface area contributed by atoms with Gasteiger partial charge in [0.25, 0.3) is 0 Å². The standard InChI is InChI=1S/C21H20FN5O/c1-12-20-15(11-25-28)7-14(8-19(20)27-21(23)26-12)17-5-4-16(22)9-18(17)13-3-2-6-24-10-13/h2-6,9-11,14-15,28H,7-8H2,1H3,(H2,23,26,27). The number of nitrogen functional groups attached to an aromatic ring is 1. The highest BCUT2D eigenvalue weighted by molar-refractivity contribution is 5.71. The van der Waals surface area contributed by atoms with Crippen molar-refractivity contribution in [1.29, 1.82) is 0 Å². The summed E-state index contributed by atoms with van der Waals surface area (Å²) in [5, 5.41) is 12.4. The number of hydrogen-bond acceptors (Lipinski definition) is 6. The Bertz CT molecular complexity index is 1040. The van der Waals surface area contributed by atoms with E-state index in [1.165, 1.54) is 18.3 Å². The van der Waals surface area contributed by atoms with Gasteiger partial charge in [0.1, 0.15) is 5.82 Å². The van der Waals surface area contributed by atoms with Gasteiger partial charge in [0.2, 0.25) is 5.95 Å². The second-order valence-electron chi connectivity index (χ2n) is 7.01. The first-order valence-corrected chi connectivity index (χ1v) is 9.07. The van der Waals surface area contributed by atoms with Gasteiger partial charge >= 0.3 is 0 Å². The molecule has 0 aliphatic heterocycles. The summed E-state index contributed by atoms with van der Waals surface area (Å²) < 4.78 is 14.0. The molecular weight excluding hydrogens is 357 g/mol. The number of fused-ring (bicyclic) bond motifs is 1. The Kier molecular flexibility index (Phi) is 4.73. The van der Waals surface area contributed by atoms with Crippen LogP contribution >= 0.6 is 0 Å². The number of aryl methyl sites for hydroxylation is 1. The average molecular weight is 377 g/mol. The van der Waals surface area contributed by atoms with E-state index in [-0.39, 0.29) is 23.6 Å². The maximum atomic E-state index is 14.0. The maximum absolute atomic E-state index is 14.0. The first kappa shape index (κ1) is 18.0. The van der Waals surface area contributed by atoms with E-state index >= 15 is 0 Å². The van der Waals surface area contributed by atoms with Crippen LogP contribution in [0.15, 0.2) is 47.9 Å². The van der Waals surface area contributed by atoms with Gasteiger partial charge in [-0.1, -0.05) is 12.1 Å². The summed E-state index contributed by atoms with van der Waals surface area (Å²) in [7, 11) is 0. The smallest absolute Gasteiger partial charge is 0.220 e. The zero-order valence-electron chi connectivity index (χ0n) is 15.4. The number of benzene rings is 1. The van der Waals surface area contributed by atoms with Crippen LogP contribution in [0.2, 0.25) is 0 Å². The van der Waals surface area contributed by atoms with Crippen LogP contribution < -0.4 is 5.73 Å². The fraction of sp³-hybridized carbons (Fsp3) is 0.238. The maximum Gasteiger partial charge on any atom is 0.220 e. The number of nitrogens with two attached hydrogens (primary N) is 1. The molecule has 0 bridgehead atoms. The third kappa shape index (κ3) is 3.31. The lowest BCUT2D eigenvalue weighted by atomic mass is 9.74. The van der Waals surface area contributed by atoms with Gasteiger partial charge in [0, 0.05) is 35.1 Å². The molecule has 1 aromatic carbocycles. The first-order valence-electron chi connectivity index (χ1n) is 9.07. The minimum Gasteiger partial charge on any atom is -0.411 e. The van der Waals surface area contributed by atoms with Crippen molar-refractivity contribution in [3.8, 4) is 11.1 Å². The molecule has 2 heterocycles. The lowest BCUT2D eigenvalue weighted by Gasteiger charge is -2.31. The Morgan fingerprint density at radius 1 is 1.29 bits per heavy atom. The van der Waals surface area contributed by atoms with Crippen molar-refractivity contribution in [1.82, 2.24) is 15.0 Å². The van der Waals surface area contributed by atoms with E-state index in [1.54, 1.807) is 12.4 Å². The lowest BCUT2D eigenvalue weighted by molar-refractivity contribution is 0.318. The van der Waals surface area contributed by atoms with E-state index in [2.05, 4.69) is 20.1 Å². The predicted molar refractivity (Wildman–Crippen MR) is 105 cm³/mol. The third-order valence-electron chi connectivity index (χ3n) is 5.26. The molecule has 0 fully saturated rings. The van der Waals surface area contributed by atoms with Crippen molar-refractivity contribution in [2.75, 3.05) is 5.73 Å². The van der Waals surface area contributed by atoms with Crippen molar-refractivity contribution in [3.63, 3.8) is 0 Å². The quantitative estimate of drug-likeness (QED) is 0.411. The Balaban J connectivity index is 1.83. The summed E-state index contributed by atoms with van der Waals surface area (Å²) in [6, 6.07) is 8.58. The van der Waals surface area contributed by atoms with Crippen LogP contribution in [-0.4, -0.2) is 26.4 Å². The summed E-state index contributed by atoms with van der Waals surface area (Å²) in [4.78, 5) is 12.9. The van der Waals surface area contributed by atoms with E-state index in [0.717, 1.165) is 33.6 Å². The number of oxime groups is 1. The molecule has 0 spiro atoms. The number of anilines is 1. The fourth-order valence-electron chi connectivity index (χ4n) is 4.15. The van der Waals surface area contributed by atoms with Crippen LogP contribution in [-0.2, 0) is 6.42 Å². The number of pyridine rings is 1. The van der Waals surface area contributed by atoms with Crippen LogP contribution in [0.3, 0.4) is 0 Å². The summed E-state index contributed by atoms with van der Waals surface area (Å²) in [5.74, 6) is -0.163. The second-order valence-corrected chi connectivity index (χ2v) is 7.01. The molecule has 0 radical (unpaired) electrons. The number of aromatic nitrogens is 3. The Labute approximate surface area is 162 Å². The molecule has 0 saturated heterocycles. The van der Waals surface area contributed by atoms with Crippen LogP contribution in [0.25, 0.3) is 11.1 Å². The third-order valence-corrected chi connectivity index (χ3v) is 5.26. The predicted octanol–water partition coefficient (Wildman–Crippen LogP) is 3.84. The van der Waals surface area contributed by atoms with E-state index in [1.807, 2.05) is 25.1 Å². The van der Waals surface area contributed by atoms with Gasteiger partial charge in [-0.05, 0) is 55.0 Å². The molecule has 142 valence electrons. The molecule has 7 heteroatoms. The van der Waals surface area contributed by atoms with Crippen molar-refractivity contribution in [2.45, 2.75) is 31.6 Å². The molecular formula is C21H20FN5O. The molecule has 2 aromatic heterocycles. The Morgan fingerprint density at radius 3 is 2.89 bits per heavy atom. The first-order chi connectivity index (χ1) is 13.6. The van der Waals surface area contributed by atoms with Gasteiger partial charge in [-0.3, -0.25) is 4.98 Å². The van der Waals surface area contributed by atoms with Crippen LogP contribution in [0.5, 0.6) is 0 Å². The molecule has 6 nitrogen and oxygen atoms in total. The molecule has 28 heavy (non-hydrogen) atoms. The highest BCUT2D eigenvalue weighted by atomic mass is 19.1. The average Bonchev–Trinajstić information content (AvgIpc) is 2.68. The second kappa shape index (κ2) is 7.34. The summed E-state index contributed by atoms with van der Waals surface area (Å²) >= 11 is 0.